The smallest absolute Gasteiger partial charge is 0.147 e. The maximum atomic E-state index is 13.9. The van der Waals surface area contributed by atoms with Gasteiger partial charge in [0, 0.05) is 19.1 Å². The molecule has 1 atom stereocenters. The van der Waals surface area contributed by atoms with Crippen LogP contribution in [0.15, 0.2) is 18.2 Å². The van der Waals surface area contributed by atoms with E-state index >= 15 is 0 Å². The van der Waals surface area contributed by atoms with E-state index in [1.165, 1.54) is 6.07 Å². The van der Waals surface area contributed by atoms with E-state index in [0.717, 1.165) is 25.9 Å². The fourth-order valence-corrected chi connectivity index (χ4v) is 2.50. The van der Waals surface area contributed by atoms with Gasteiger partial charge in [-0.2, -0.15) is 5.26 Å². The van der Waals surface area contributed by atoms with E-state index in [2.05, 4.69) is 0 Å². The first kappa shape index (κ1) is 12.8. The van der Waals surface area contributed by atoms with Crippen LogP contribution in [-0.4, -0.2) is 19.1 Å². The van der Waals surface area contributed by atoms with E-state index in [1.807, 2.05) is 17.9 Å². The molecule has 18 heavy (non-hydrogen) atoms. The number of hydrogen-bond donors (Lipinski definition) is 1. The van der Waals surface area contributed by atoms with E-state index in [9.17, 15) is 4.39 Å². The van der Waals surface area contributed by atoms with E-state index in [4.69, 9.17) is 11.0 Å². The molecular formula is C14H18FN3. The van der Waals surface area contributed by atoms with Crippen LogP contribution in [0.1, 0.15) is 25.3 Å². The summed E-state index contributed by atoms with van der Waals surface area (Å²) in [5.41, 5.74) is 6.85. The van der Waals surface area contributed by atoms with Gasteiger partial charge >= 0.3 is 0 Å². The van der Waals surface area contributed by atoms with Gasteiger partial charge in [0.2, 0.25) is 0 Å². The molecule has 2 N–H and O–H groups in total. The van der Waals surface area contributed by atoms with Gasteiger partial charge in [-0.3, -0.25) is 0 Å². The van der Waals surface area contributed by atoms with E-state index in [1.54, 1.807) is 12.1 Å². The molecule has 96 valence electrons. The summed E-state index contributed by atoms with van der Waals surface area (Å²) in [7, 11) is 0. The third-order valence-electron chi connectivity index (χ3n) is 3.70. The van der Waals surface area contributed by atoms with Crippen LogP contribution in [0.25, 0.3) is 0 Å². The molecule has 2 rings (SSSR count). The zero-order valence-corrected chi connectivity index (χ0v) is 10.6. The molecule has 1 aromatic rings. The number of benzene rings is 1. The molecule has 3 nitrogen and oxygen atoms in total. The lowest BCUT2D eigenvalue weighted by Crippen LogP contribution is -2.40. The topological polar surface area (TPSA) is 53.0 Å². The molecule has 0 bridgehead atoms. The number of nitrogens with two attached hydrogens (primary N) is 1. The van der Waals surface area contributed by atoms with Gasteiger partial charge in [0.25, 0.3) is 0 Å². The molecule has 0 saturated carbocycles. The largest absolute Gasteiger partial charge is 0.369 e. The Hall–Kier alpha value is -1.60. The van der Waals surface area contributed by atoms with Gasteiger partial charge in [0.15, 0.2) is 0 Å². The van der Waals surface area contributed by atoms with Gasteiger partial charge in [-0.1, -0.05) is 0 Å². The highest BCUT2D eigenvalue weighted by molar-refractivity contribution is 5.51. The minimum absolute atomic E-state index is 0.206. The van der Waals surface area contributed by atoms with Crippen LogP contribution in [0, 0.1) is 23.1 Å². The predicted octanol–water partition coefficient (Wildman–Crippen LogP) is 2.26. The van der Waals surface area contributed by atoms with Crippen LogP contribution in [-0.2, 0) is 0 Å². The number of halogens is 1. The molecule has 4 heteroatoms. The molecule has 1 fully saturated rings. The highest BCUT2D eigenvalue weighted by Crippen LogP contribution is 2.27. The molecule has 0 spiro atoms. The SMILES string of the molecule is CC(N)C1CCN(c2ccc(C#N)cc2F)CC1. The summed E-state index contributed by atoms with van der Waals surface area (Å²) >= 11 is 0. The lowest BCUT2D eigenvalue weighted by Gasteiger charge is -2.35. The van der Waals surface area contributed by atoms with Crippen molar-refractivity contribution in [3.05, 3.63) is 29.6 Å². The molecule has 1 heterocycles. The number of nitriles is 1. The van der Waals surface area contributed by atoms with Crippen LogP contribution >= 0.6 is 0 Å². The van der Waals surface area contributed by atoms with Gasteiger partial charge in [0.1, 0.15) is 5.82 Å². The first-order valence-corrected chi connectivity index (χ1v) is 6.32. The Kier molecular flexibility index (Phi) is 3.83. The summed E-state index contributed by atoms with van der Waals surface area (Å²) < 4.78 is 13.9. The summed E-state index contributed by atoms with van der Waals surface area (Å²) in [6.07, 6.45) is 1.99. The minimum atomic E-state index is -0.312. The quantitative estimate of drug-likeness (QED) is 0.872. The Morgan fingerprint density at radius 2 is 2.11 bits per heavy atom. The lowest BCUT2D eigenvalue weighted by atomic mass is 9.90. The number of anilines is 1. The molecule has 1 unspecified atom stereocenters. The number of nitrogens with zero attached hydrogens (tertiary/aromatic N) is 2. The second-order valence-electron chi connectivity index (χ2n) is 4.96. The molecule has 1 aromatic carbocycles. The van der Waals surface area contributed by atoms with Crippen molar-refractivity contribution in [2.75, 3.05) is 18.0 Å². The fraction of sp³-hybridized carbons (Fsp3) is 0.500. The number of rotatable bonds is 2. The summed E-state index contributed by atoms with van der Waals surface area (Å²) in [5.74, 6) is 0.219. The minimum Gasteiger partial charge on any atom is -0.369 e. The van der Waals surface area contributed by atoms with Crippen LogP contribution in [0.2, 0.25) is 0 Å². The third-order valence-corrected chi connectivity index (χ3v) is 3.70. The Labute approximate surface area is 107 Å². The molecule has 0 amide bonds. The van der Waals surface area contributed by atoms with Crippen molar-refractivity contribution in [1.82, 2.24) is 0 Å². The average molecular weight is 247 g/mol. The van der Waals surface area contributed by atoms with Gasteiger partial charge in [-0.25, -0.2) is 4.39 Å². The first-order chi connectivity index (χ1) is 8.61. The van der Waals surface area contributed by atoms with Crippen molar-refractivity contribution in [2.24, 2.45) is 11.7 Å². The van der Waals surface area contributed by atoms with Crippen molar-refractivity contribution in [2.45, 2.75) is 25.8 Å². The second-order valence-corrected chi connectivity index (χ2v) is 4.96. The molecule has 1 aliphatic heterocycles. The Morgan fingerprint density at radius 3 is 2.61 bits per heavy atom. The highest BCUT2D eigenvalue weighted by atomic mass is 19.1. The zero-order chi connectivity index (χ0) is 13.1. The second kappa shape index (κ2) is 5.36. The normalized spacial score (nSPS) is 18.4. The van der Waals surface area contributed by atoms with Crippen LogP contribution in [0.4, 0.5) is 10.1 Å². The van der Waals surface area contributed by atoms with Crippen LogP contribution in [0.5, 0.6) is 0 Å². The molecule has 1 aliphatic rings. The standard InChI is InChI=1S/C14H18FN3/c1-10(17)12-4-6-18(7-5-12)14-3-2-11(9-16)8-13(14)15/h2-3,8,10,12H,4-7,17H2,1H3. The zero-order valence-electron chi connectivity index (χ0n) is 10.6. The monoisotopic (exact) mass is 247 g/mol. The summed E-state index contributed by atoms with van der Waals surface area (Å²) in [6, 6.07) is 6.81. The fourth-order valence-electron chi connectivity index (χ4n) is 2.50. The van der Waals surface area contributed by atoms with Gasteiger partial charge < -0.3 is 10.6 Å². The highest BCUT2D eigenvalue weighted by Gasteiger charge is 2.23. The van der Waals surface area contributed by atoms with E-state index < -0.39 is 0 Å². The Bertz CT molecular complexity index is 457. The third kappa shape index (κ3) is 2.62. The van der Waals surface area contributed by atoms with Crippen LogP contribution < -0.4 is 10.6 Å². The Balaban J connectivity index is 2.08. The molecule has 0 aromatic heterocycles. The van der Waals surface area contributed by atoms with Crippen molar-refractivity contribution in [3.8, 4) is 6.07 Å². The molecule has 0 aliphatic carbocycles. The number of hydrogen-bond acceptors (Lipinski definition) is 3. The van der Waals surface area contributed by atoms with Gasteiger partial charge in [-0.15, -0.1) is 0 Å². The number of piperidine rings is 1. The lowest BCUT2D eigenvalue weighted by molar-refractivity contribution is 0.353. The van der Waals surface area contributed by atoms with Gasteiger partial charge in [-0.05, 0) is 43.9 Å². The van der Waals surface area contributed by atoms with Crippen molar-refractivity contribution >= 4 is 5.69 Å². The van der Waals surface area contributed by atoms with Crippen molar-refractivity contribution < 1.29 is 4.39 Å². The molecular weight excluding hydrogens is 229 g/mol. The first-order valence-electron chi connectivity index (χ1n) is 6.32. The summed E-state index contributed by atoms with van der Waals surface area (Å²) in [5, 5.41) is 8.71. The summed E-state index contributed by atoms with van der Waals surface area (Å²) in [6.45, 7) is 3.69. The predicted molar refractivity (Wildman–Crippen MR) is 69.7 cm³/mol. The summed E-state index contributed by atoms with van der Waals surface area (Å²) in [4.78, 5) is 2.04. The van der Waals surface area contributed by atoms with Crippen molar-refractivity contribution in [1.29, 1.82) is 5.26 Å². The maximum absolute atomic E-state index is 13.9. The Morgan fingerprint density at radius 1 is 1.44 bits per heavy atom. The van der Waals surface area contributed by atoms with E-state index in [0.29, 0.717) is 17.2 Å². The van der Waals surface area contributed by atoms with Gasteiger partial charge in [0.05, 0.1) is 17.3 Å². The average Bonchev–Trinajstić information content (AvgIpc) is 2.38. The molecule has 0 radical (unpaired) electrons. The van der Waals surface area contributed by atoms with Crippen molar-refractivity contribution in [3.63, 3.8) is 0 Å². The van der Waals surface area contributed by atoms with Crippen LogP contribution in [0.3, 0.4) is 0 Å². The van der Waals surface area contributed by atoms with E-state index in [-0.39, 0.29) is 11.9 Å². The maximum Gasteiger partial charge on any atom is 0.147 e. The molecule has 1 saturated heterocycles.